The van der Waals surface area contributed by atoms with Crippen molar-refractivity contribution in [3.8, 4) is 5.75 Å². The molecule has 0 aliphatic rings. The number of benzene rings is 1. The van der Waals surface area contributed by atoms with E-state index in [9.17, 15) is 19.7 Å². The molecule has 0 fully saturated rings. The maximum absolute atomic E-state index is 12.3. The molecular formula is C18H15NO7S2. The third-order valence-corrected chi connectivity index (χ3v) is 5.97. The van der Waals surface area contributed by atoms with E-state index in [1.165, 1.54) is 12.5 Å². The molecular weight excluding hydrogens is 406 g/mol. The second-order valence-electron chi connectivity index (χ2n) is 5.54. The molecule has 2 aromatic heterocycles. The van der Waals surface area contributed by atoms with E-state index in [0.29, 0.717) is 20.9 Å². The lowest BCUT2D eigenvalue weighted by Gasteiger charge is -2.04. The van der Waals surface area contributed by atoms with Crippen LogP contribution in [-0.4, -0.2) is 24.6 Å². The van der Waals surface area contributed by atoms with Gasteiger partial charge in [0.2, 0.25) is 0 Å². The fourth-order valence-electron chi connectivity index (χ4n) is 2.50. The van der Waals surface area contributed by atoms with E-state index >= 15 is 0 Å². The van der Waals surface area contributed by atoms with E-state index in [1.807, 2.05) is 0 Å². The summed E-state index contributed by atoms with van der Waals surface area (Å²) in [5, 5.41) is 13.7. The summed E-state index contributed by atoms with van der Waals surface area (Å²) >= 11 is 2.04. The van der Waals surface area contributed by atoms with Gasteiger partial charge in [0.15, 0.2) is 0 Å². The predicted molar refractivity (Wildman–Crippen MR) is 104 cm³/mol. The van der Waals surface area contributed by atoms with Crippen molar-refractivity contribution in [2.45, 2.75) is 22.4 Å². The number of hydrogen-bond acceptors (Lipinski definition) is 9. The maximum Gasteiger partial charge on any atom is 0.350 e. The van der Waals surface area contributed by atoms with Crippen molar-refractivity contribution in [1.82, 2.24) is 0 Å². The van der Waals surface area contributed by atoms with Gasteiger partial charge in [-0.15, -0.1) is 11.3 Å². The summed E-state index contributed by atoms with van der Waals surface area (Å²) < 4.78 is 15.6. The van der Waals surface area contributed by atoms with Gasteiger partial charge >= 0.3 is 11.6 Å². The van der Waals surface area contributed by atoms with Gasteiger partial charge in [0.25, 0.3) is 5.69 Å². The number of carbonyl (C=O) groups excluding carboxylic acids is 1. The van der Waals surface area contributed by atoms with Gasteiger partial charge < -0.3 is 13.9 Å². The predicted octanol–water partition coefficient (Wildman–Crippen LogP) is 4.03. The van der Waals surface area contributed by atoms with Crippen molar-refractivity contribution in [2.75, 3.05) is 13.7 Å². The van der Waals surface area contributed by atoms with Crippen LogP contribution in [0.5, 0.6) is 5.75 Å². The Bertz CT molecular complexity index is 1100. The minimum Gasteiger partial charge on any atom is -0.497 e. The molecule has 8 nitrogen and oxygen atoms in total. The number of hydrogen-bond donors (Lipinski definition) is 0. The molecule has 28 heavy (non-hydrogen) atoms. The molecule has 0 saturated heterocycles. The van der Waals surface area contributed by atoms with Crippen molar-refractivity contribution < 1.29 is 23.6 Å². The molecule has 0 spiro atoms. The van der Waals surface area contributed by atoms with E-state index in [4.69, 9.17) is 13.9 Å². The van der Waals surface area contributed by atoms with Crippen LogP contribution in [0.1, 0.15) is 12.5 Å². The van der Waals surface area contributed by atoms with Crippen LogP contribution in [0.25, 0.3) is 11.0 Å². The lowest BCUT2D eigenvalue weighted by atomic mass is 10.2. The van der Waals surface area contributed by atoms with Crippen molar-refractivity contribution in [1.29, 1.82) is 0 Å². The quantitative estimate of drug-likeness (QED) is 0.243. The highest BCUT2D eigenvalue weighted by atomic mass is 32.2. The SMILES string of the molecule is CCOC(=O)Cc1csc(Sc2cc3ccc(OC)cc3oc2=O)c1[N+](=O)[O-]. The Morgan fingerprint density at radius 2 is 2.14 bits per heavy atom. The number of carbonyl (C=O) groups is 1. The Labute approximate surface area is 167 Å². The summed E-state index contributed by atoms with van der Waals surface area (Å²) in [7, 11) is 1.51. The van der Waals surface area contributed by atoms with E-state index < -0.39 is 16.5 Å². The molecule has 3 rings (SSSR count). The third-order valence-electron chi connectivity index (χ3n) is 3.74. The number of methoxy groups -OCH3 is 1. The van der Waals surface area contributed by atoms with Crippen molar-refractivity contribution >= 4 is 45.7 Å². The van der Waals surface area contributed by atoms with Crippen molar-refractivity contribution in [2.24, 2.45) is 0 Å². The van der Waals surface area contributed by atoms with Crippen molar-refractivity contribution in [3.05, 3.63) is 55.7 Å². The molecule has 0 saturated carbocycles. The molecule has 0 atom stereocenters. The first kappa shape index (κ1) is 19.9. The van der Waals surface area contributed by atoms with Crippen molar-refractivity contribution in [3.63, 3.8) is 0 Å². The van der Waals surface area contributed by atoms with E-state index in [2.05, 4.69) is 0 Å². The molecule has 0 aliphatic carbocycles. The lowest BCUT2D eigenvalue weighted by Crippen LogP contribution is -2.08. The fraction of sp³-hybridized carbons (Fsp3) is 0.222. The Morgan fingerprint density at radius 3 is 2.82 bits per heavy atom. The Balaban J connectivity index is 1.96. The molecule has 1 aromatic carbocycles. The average Bonchev–Trinajstić information content (AvgIpc) is 3.04. The smallest absolute Gasteiger partial charge is 0.350 e. The maximum atomic E-state index is 12.3. The third kappa shape index (κ3) is 4.18. The van der Waals surface area contributed by atoms with Gasteiger partial charge in [-0.05, 0) is 25.1 Å². The van der Waals surface area contributed by atoms with Crippen LogP contribution in [0.15, 0.2) is 48.0 Å². The van der Waals surface area contributed by atoms with E-state index in [-0.39, 0.29) is 29.2 Å². The summed E-state index contributed by atoms with van der Waals surface area (Å²) in [5.74, 6) is 0.00710. The number of thiophene rings is 1. The number of ether oxygens (including phenoxy) is 2. The van der Waals surface area contributed by atoms with Crippen LogP contribution < -0.4 is 10.4 Å². The number of rotatable bonds is 7. The van der Waals surface area contributed by atoms with Gasteiger partial charge in [-0.25, -0.2) is 4.79 Å². The second-order valence-corrected chi connectivity index (χ2v) is 7.73. The molecule has 0 amide bonds. The molecule has 0 aliphatic heterocycles. The standard InChI is InChI=1S/C18H15NO7S2/c1-3-25-15(20)7-11-9-27-18(16(11)19(22)23)28-14-6-10-4-5-12(24-2)8-13(10)26-17(14)21/h4-6,8-9H,3,7H2,1-2H3. The summed E-state index contributed by atoms with van der Waals surface area (Å²) in [6, 6.07) is 6.66. The van der Waals surface area contributed by atoms with Crippen LogP contribution >= 0.6 is 23.1 Å². The highest BCUT2D eigenvalue weighted by Crippen LogP contribution is 2.42. The number of nitrogens with zero attached hydrogens (tertiary/aromatic N) is 1. The summed E-state index contributed by atoms with van der Waals surface area (Å²) in [4.78, 5) is 35.2. The molecule has 3 aromatic rings. The fourth-order valence-corrected chi connectivity index (χ4v) is 4.68. The molecule has 0 N–H and O–H groups in total. The molecule has 2 heterocycles. The number of fused-ring (bicyclic) bond motifs is 1. The van der Waals surface area contributed by atoms with Gasteiger partial charge in [-0.2, -0.15) is 0 Å². The first-order valence-electron chi connectivity index (χ1n) is 8.13. The number of esters is 1. The summed E-state index contributed by atoms with van der Waals surface area (Å²) in [6.45, 7) is 1.86. The number of nitro groups is 1. The normalized spacial score (nSPS) is 10.8. The Kier molecular flexibility index (Phi) is 6.00. The van der Waals surface area contributed by atoms with Crippen LogP contribution in [0.3, 0.4) is 0 Å². The van der Waals surface area contributed by atoms with Crippen LogP contribution in [0.2, 0.25) is 0 Å². The summed E-state index contributed by atoms with van der Waals surface area (Å²) in [5.41, 5.74) is -0.194. The largest absolute Gasteiger partial charge is 0.497 e. The molecule has 10 heteroatoms. The van der Waals surface area contributed by atoms with Crippen LogP contribution in [-0.2, 0) is 16.0 Å². The van der Waals surface area contributed by atoms with Gasteiger partial charge in [-0.3, -0.25) is 14.9 Å². The molecule has 0 bridgehead atoms. The van der Waals surface area contributed by atoms with Gasteiger partial charge in [-0.1, -0.05) is 11.8 Å². The minimum absolute atomic E-state index is 0.196. The summed E-state index contributed by atoms with van der Waals surface area (Å²) in [6.07, 6.45) is -0.201. The highest BCUT2D eigenvalue weighted by molar-refractivity contribution is 8.01. The zero-order chi connectivity index (χ0) is 20.3. The zero-order valence-electron chi connectivity index (χ0n) is 14.9. The average molecular weight is 421 g/mol. The van der Waals surface area contributed by atoms with Gasteiger partial charge in [0, 0.05) is 16.8 Å². The van der Waals surface area contributed by atoms with E-state index in [0.717, 1.165) is 23.1 Å². The monoisotopic (exact) mass is 421 g/mol. The Morgan fingerprint density at radius 1 is 1.36 bits per heavy atom. The minimum atomic E-state index is -0.611. The molecule has 0 radical (unpaired) electrons. The topological polar surface area (TPSA) is 109 Å². The van der Waals surface area contributed by atoms with Gasteiger partial charge in [0.1, 0.15) is 15.5 Å². The van der Waals surface area contributed by atoms with E-state index in [1.54, 1.807) is 31.2 Å². The van der Waals surface area contributed by atoms with Crippen LogP contribution in [0.4, 0.5) is 5.69 Å². The first-order valence-corrected chi connectivity index (χ1v) is 9.82. The second kappa shape index (κ2) is 8.44. The Hall–Kier alpha value is -2.85. The lowest BCUT2D eigenvalue weighted by molar-refractivity contribution is -0.387. The highest BCUT2D eigenvalue weighted by Gasteiger charge is 2.26. The molecule has 146 valence electrons. The van der Waals surface area contributed by atoms with Crippen LogP contribution in [0, 0.1) is 10.1 Å². The molecule has 0 unspecified atom stereocenters. The van der Waals surface area contributed by atoms with Gasteiger partial charge in [0.05, 0.1) is 35.5 Å². The first-order chi connectivity index (χ1) is 13.4. The zero-order valence-corrected chi connectivity index (χ0v) is 16.6.